The summed E-state index contributed by atoms with van der Waals surface area (Å²) < 4.78 is 11.8. The summed E-state index contributed by atoms with van der Waals surface area (Å²) in [4.78, 5) is 0. The fourth-order valence-corrected chi connectivity index (χ4v) is 8.46. The first-order chi connectivity index (χ1) is 22.3. The summed E-state index contributed by atoms with van der Waals surface area (Å²) in [5, 5.41) is 7.37. The van der Waals surface area contributed by atoms with Crippen LogP contribution in [0.5, 0.6) is 0 Å². The molecule has 210 valence electrons. The third-order valence-electron chi connectivity index (χ3n) is 9.22. The lowest BCUT2D eigenvalue weighted by atomic mass is 9.97. The summed E-state index contributed by atoms with van der Waals surface area (Å²) in [6.45, 7) is 0. The number of aromatic nitrogens is 1. The maximum atomic E-state index is 6.84. The van der Waals surface area contributed by atoms with Crippen molar-refractivity contribution in [2.75, 3.05) is 0 Å². The molecule has 3 heterocycles. The number of furan rings is 1. The van der Waals surface area contributed by atoms with Gasteiger partial charge in [0.1, 0.15) is 5.58 Å². The topological polar surface area (TPSA) is 18.1 Å². The molecule has 3 aromatic heterocycles. The van der Waals surface area contributed by atoms with Crippen LogP contribution in [-0.2, 0) is 0 Å². The van der Waals surface area contributed by atoms with Gasteiger partial charge in [-0.15, -0.1) is 11.3 Å². The monoisotopic (exact) mass is 591 g/mol. The van der Waals surface area contributed by atoms with E-state index < -0.39 is 0 Å². The number of benzene rings is 7. The first kappa shape index (κ1) is 24.8. The largest absolute Gasteiger partial charge is 0.454 e. The van der Waals surface area contributed by atoms with Crippen molar-refractivity contribution < 1.29 is 4.42 Å². The predicted molar refractivity (Wildman–Crippen MR) is 192 cm³/mol. The number of hydrogen-bond acceptors (Lipinski definition) is 2. The average Bonchev–Trinajstić information content (AvgIpc) is 3.78. The zero-order chi connectivity index (χ0) is 29.5. The molecule has 0 N–H and O–H groups in total. The van der Waals surface area contributed by atoms with E-state index in [1.165, 1.54) is 64.2 Å². The van der Waals surface area contributed by atoms with Gasteiger partial charge in [-0.1, -0.05) is 121 Å². The molecule has 2 nitrogen and oxygen atoms in total. The van der Waals surface area contributed by atoms with Crippen LogP contribution in [0.25, 0.3) is 91.9 Å². The SMILES string of the molecule is c1ccc(-c2ccc3c4ccccc4n(-c4cccc5c4oc4cccc(-c6cccc7c6sc6ccccc67)c45)c3c2)cc1. The Morgan fingerprint density at radius 3 is 2.11 bits per heavy atom. The van der Waals surface area contributed by atoms with Crippen molar-refractivity contribution in [3.8, 4) is 27.9 Å². The highest BCUT2D eigenvalue weighted by Crippen LogP contribution is 2.45. The first-order valence-electron chi connectivity index (χ1n) is 15.3. The molecule has 0 radical (unpaired) electrons. The average molecular weight is 592 g/mol. The molecule has 3 heteroatoms. The Kier molecular flexibility index (Phi) is 5.19. The van der Waals surface area contributed by atoms with E-state index in [0.29, 0.717) is 0 Å². The highest BCUT2D eigenvalue weighted by Gasteiger charge is 2.21. The summed E-state index contributed by atoms with van der Waals surface area (Å²) in [7, 11) is 0. The maximum absolute atomic E-state index is 6.84. The van der Waals surface area contributed by atoms with Crippen molar-refractivity contribution in [1.82, 2.24) is 4.57 Å². The lowest BCUT2D eigenvalue weighted by molar-refractivity contribution is 0.666. The molecule has 0 aliphatic heterocycles. The summed E-state index contributed by atoms with van der Waals surface area (Å²) in [5.74, 6) is 0. The second kappa shape index (κ2) is 9.43. The Labute approximate surface area is 263 Å². The molecule has 0 unspecified atom stereocenters. The molecule has 0 amide bonds. The molecule has 45 heavy (non-hydrogen) atoms. The van der Waals surface area contributed by atoms with E-state index >= 15 is 0 Å². The molecule has 7 aromatic carbocycles. The highest BCUT2D eigenvalue weighted by molar-refractivity contribution is 7.26. The Hall–Kier alpha value is -5.64. The van der Waals surface area contributed by atoms with Crippen molar-refractivity contribution in [2.45, 2.75) is 0 Å². The third kappa shape index (κ3) is 3.56. The number of nitrogens with zero attached hydrogens (tertiary/aromatic N) is 1. The van der Waals surface area contributed by atoms with Crippen molar-refractivity contribution in [3.63, 3.8) is 0 Å². The molecule has 0 spiro atoms. The van der Waals surface area contributed by atoms with Gasteiger partial charge in [-0.3, -0.25) is 0 Å². The van der Waals surface area contributed by atoms with Crippen LogP contribution in [0.4, 0.5) is 0 Å². The van der Waals surface area contributed by atoms with Crippen molar-refractivity contribution in [1.29, 1.82) is 0 Å². The molecule has 0 saturated heterocycles. The second-order valence-corrected chi connectivity index (χ2v) is 12.7. The molecular formula is C42H25NOS. The fourth-order valence-electron chi connectivity index (χ4n) is 7.23. The normalized spacial score (nSPS) is 12.0. The van der Waals surface area contributed by atoms with Gasteiger partial charge in [0.25, 0.3) is 0 Å². The van der Waals surface area contributed by atoms with Gasteiger partial charge in [0.05, 0.1) is 16.7 Å². The lowest BCUT2D eigenvalue weighted by Crippen LogP contribution is -1.94. The minimum atomic E-state index is 0.899. The number of thiophene rings is 1. The number of fused-ring (bicyclic) bond motifs is 9. The van der Waals surface area contributed by atoms with Crippen LogP contribution < -0.4 is 0 Å². The van der Waals surface area contributed by atoms with E-state index in [9.17, 15) is 0 Å². The van der Waals surface area contributed by atoms with E-state index in [4.69, 9.17) is 4.42 Å². The van der Waals surface area contributed by atoms with E-state index in [-0.39, 0.29) is 0 Å². The van der Waals surface area contributed by atoms with Gasteiger partial charge >= 0.3 is 0 Å². The molecule has 0 fully saturated rings. The van der Waals surface area contributed by atoms with Crippen LogP contribution >= 0.6 is 11.3 Å². The zero-order valence-corrected chi connectivity index (χ0v) is 25.0. The lowest BCUT2D eigenvalue weighted by Gasteiger charge is -2.10. The quantitative estimate of drug-likeness (QED) is 0.200. The van der Waals surface area contributed by atoms with Crippen LogP contribution in [0.2, 0.25) is 0 Å². The van der Waals surface area contributed by atoms with E-state index in [2.05, 4.69) is 156 Å². The molecule has 10 rings (SSSR count). The molecule has 0 aliphatic rings. The summed E-state index contributed by atoms with van der Waals surface area (Å²) in [6, 6.07) is 54.6. The van der Waals surface area contributed by atoms with Crippen LogP contribution in [0.15, 0.2) is 156 Å². The highest BCUT2D eigenvalue weighted by atomic mass is 32.1. The Morgan fingerprint density at radius 2 is 1.18 bits per heavy atom. The molecule has 10 aromatic rings. The van der Waals surface area contributed by atoms with Crippen molar-refractivity contribution in [2.24, 2.45) is 0 Å². The van der Waals surface area contributed by atoms with Gasteiger partial charge in [-0.05, 0) is 47.0 Å². The predicted octanol–water partition coefficient (Wildman–Crippen LogP) is 12.4. The molecule has 0 bridgehead atoms. The zero-order valence-electron chi connectivity index (χ0n) is 24.2. The number of rotatable bonds is 3. The van der Waals surface area contributed by atoms with E-state index in [0.717, 1.165) is 27.6 Å². The molecule has 0 aliphatic carbocycles. The number of hydrogen-bond donors (Lipinski definition) is 0. The van der Waals surface area contributed by atoms with Crippen LogP contribution in [0, 0.1) is 0 Å². The molecular weight excluding hydrogens is 567 g/mol. The van der Waals surface area contributed by atoms with Gasteiger partial charge in [-0.2, -0.15) is 0 Å². The Morgan fingerprint density at radius 1 is 0.467 bits per heavy atom. The summed E-state index contributed by atoms with van der Waals surface area (Å²) >= 11 is 1.87. The van der Waals surface area contributed by atoms with Gasteiger partial charge in [-0.25, -0.2) is 0 Å². The van der Waals surface area contributed by atoms with E-state index in [1.807, 2.05) is 11.3 Å². The van der Waals surface area contributed by atoms with Gasteiger partial charge < -0.3 is 8.98 Å². The smallest absolute Gasteiger partial charge is 0.159 e. The summed E-state index contributed by atoms with van der Waals surface area (Å²) in [5.41, 5.74) is 10.0. The summed E-state index contributed by atoms with van der Waals surface area (Å²) in [6.07, 6.45) is 0. The maximum Gasteiger partial charge on any atom is 0.159 e. The van der Waals surface area contributed by atoms with Crippen molar-refractivity contribution >= 4 is 75.3 Å². The van der Waals surface area contributed by atoms with Gasteiger partial charge in [0, 0.05) is 47.3 Å². The minimum Gasteiger partial charge on any atom is -0.454 e. The first-order valence-corrected chi connectivity index (χ1v) is 16.1. The van der Waals surface area contributed by atoms with Gasteiger partial charge in [0.2, 0.25) is 0 Å². The van der Waals surface area contributed by atoms with Crippen LogP contribution in [0.1, 0.15) is 0 Å². The minimum absolute atomic E-state index is 0.899. The Balaban J connectivity index is 1.27. The second-order valence-electron chi connectivity index (χ2n) is 11.7. The molecule has 0 atom stereocenters. The van der Waals surface area contributed by atoms with Crippen LogP contribution in [0.3, 0.4) is 0 Å². The number of para-hydroxylation sites is 2. The Bertz CT molecular complexity index is 2760. The van der Waals surface area contributed by atoms with Gasteiger partial charge in [0.15, 0.2) is 5.58 Å². The fraction of sp³-hybridized carbons (Fsp3) is 0. The standard InChI is InChI=1S/C42H25NOS/c1-2-11-26(12-3-1)27-23-24-29-28-13-4-6-19-35(28)43(37(29)25-27)36-20-9-18-34-40-31(15-10-21-38(40)44-41(34)36)33-17-8-16-32-30-14-5-7-22-39(30)45-42(32)33/h1-25H. The van der Waals surface area contributed by atoms with Crippen LogP contribution in [-0.4, -0.2) is 4.57 Å². The van der Waals surface area contributed by atoms with E-state index in [1.54, 1.807) is 0 Å². The molecule has 0 saturated carbocycles. The van der Waals surface area contributed by atoms with Crippen molar-refractivity contribution in [3.05, 3.63) is 152 Å². The third-order valence-corrected chi connectivity index (χ3v) is 10.4.